The van der Waals surface area contributed by atoms with E-state index < -0.39 is 39.5 Å². The molecular weight excluding hydrogens is 324 g/mol. The monoisotopic (exact) mass is 338 g/mol. The smallest absolute Gasteiger partial charge is 0.329 e. The van der Waals surface area contributed by atoms with E-state index in [1.54, 1.807) is 0 Å². The SMILES string of the molecule is CC(=O)NC1C(C(=O)O)N2C(=O)C[C@H]2S1=O.c1ccc2c(c1)O2. The van der Waals surface area contributed by atoms with E-state index in [1.807, 2.05) is 24.3 Å². The van der Waals surface area contributed by atoms with Gasteiger partial charge in [0.15, 0.2) is 17.5 Å². The first-order chi connectivity index (χ1) is 10.9. The minimum atomic E-state index is -1.55. The number of carbonyl (C=O) groups excluding carboxylic acids is 2. The summed E-state index contributed by atoms with van der Waals surface area (Å²) in [5, 5.41) is 9.73. The van der Waals surface area contributed by atoms with E-state index in [0.717, 1.165) is 16.4 Å². The van der Waals surface area contributed by atoms with Crippen LogP contribution < -0.4 is 10.1 Å². The third-order valence-electron chi connectivity index (χ3n) is 3.68. The quantitative estimate of drug-likeness (QED) is 0.589. The molecule has 1 aromatic rings. The number of ether oxygens (including phenoxy) is 1. The summed E-state index contributed by atoms with van der Waals surface area (Å²) >= 11 is 0. The van der Waals surface area contributed by atoms with Crippen molar-refractivity contribution in [2.24, 2.45) is 0 Å². The van der Waals surface area contributed by atoms with E-state index >= 15 is 0 Å². The van der Waals surface area contributed by atoms with Gasteiger partial charge in [0.2, 0.25) is 11.8 Å². The minimum absolute atomic E-state index is 0.0898. The lowest BCUT2D eigenvalue weighted by Crippen LogP contribution is -2.57. The summed E-state index contributed by atoms with van der Waals surface area (Å²) < 4.78 is 16.7. The van der Waals surface area contributed by atoms with Gasteiger partial charge in [-0.1, -0.05) is 12.1 Å². The fourth-order valence-corrected chi connectivity index (χ4v) is 4.47. The van der Waals surface area contributed by atoms with Crippen LogP contribution in [0.2, 0.25) is 0 Å². The minimum Gasteiger partial charge on any atom is -0.480 e. The van der Waals surface area contributed by atoms with Gasteiger partial charge in [0, 0.05) is 6.92 Å². The highest BCUT2D eigenvalue weighted by Crippen LogP contribution is 2.43. The summed E-state index contributed by atoms with van der Waals surface area (Å²) in [6, 6.07) is 6.62. The Morgan fingerprint density at radius 3 is 2.39 bits per heavy atom. The second-order valence-electron chi connectivity index (χ2n) is 5.24. The van der Waals surface area contributed by atoms with Gasteiger partial charge in [-0.25, -0.2) is 4.79 Å². The van der Waals surface area contributed by atoms with Gasteiger partial charge < -0.3 is 20.1 Å². The lowest BCUT2D eigenvalue weighted by atomic mass is 10.1. The molecule has 3 aliphatic heterocycles. The van der Waals surface area contributed by atoms with Crippen molar-refractivity contribution < 1.29 is 28.4 Å². The molecule has 2 saturated heterocycles. The highest BCUT2D eigenvalue weighted by atomic mass is 32.2. The third-order valence-corrected chi connectivity index (χ3v) is 5.48. The second kappa shape index (κ2) is 5.65. The summed E-state index contributed by atoms with van der Waals surface area (Å²) in [7, 11) is -1.55. The summed E-state index contributed by atoms with van der Waals surface area (Å²) in [6.07, 6.45) is 0.0898. The highest BCUT2D eigenvalue weighted by Gasteiger charge is 2.59. The molecule has 3 aliphatic rings. The van der Waals surface area contributed by atoms with Crippen molar-refractivity contribution in [3.8, 4) is 11.5 Å². The first-order valence-corrected chi connectivity index (χ1v) is 8.15. The Bertz CT molecular complexity index is 700. The first-order valence-electron chi connectivity index (χ1n) is 6.87. The van der Waals surface area contributed by atoms with Crippen LogP contribution in [0.4, 0.5) is 0 Å². The topological polar surface area (TPSA) is 116 Å². The van der Waals surface area contributed by atoms with Crippen molar-refractivity contribution in [3.05, 3.63) is 24.3 Å². The van der Waals surface area contributed by atoms with Crippen LogP contribution in [0.3, 0.4) is 0 Å². The molecule has 3 unspecified atom stereocenters. The number of nitrogens with one attached hydrogen (secondary N) is 1. The molecule has 2 amide bonds. The maximum absolute atomic E-state index is 11.8. The van der Waals surface area contributed by atoms with Crippen LogP contribution in [0, 0.1) is 0 Å². The Hall–Kier alpha value is -2.42. The van der Waals surface area contributed by atoms with Gasteiger partial charge in [-0.2, -0.15) is 0 Å². The van der Waals surface area contributed by atoms with E-state index in [2.05, 4.69) is 5.32 Å². The third kappa shape index (κ3) is 2.79. The molecule has 9 heteroatoms. The molecule has 8 nitrogen and oxygen atoms in total. The number of hydrogen-bond donors (Lipinski definition) is 2. The van der Waals surface area contributed by atoms with Crippen LogP contribution in [0.5, 0.6) is 11.5 Å². The van der Waals surface area contributed by atoms with E-state index in [0.29, 0.717) is 0 Å². The van der Waals surface area contributed by atoms with Crippen LogP contribution in [0.15, 0.2) is 24.3 Å². The molecule has 0 aromatic heterocycles. The second-order valence-corrected chi connectivity index (χ2v) is 6.95. The van der Waals surface area contributed by atoms with Crippen molar-refractivity contribution in [1.29, 1.82) is 0 Å². The number of rotatable bonds is 2. The molecule has 0 spiro atoms. The predicted molar refractivity (Wildman–Crippen MR) is 78.9 cm³/mol. The number of carboxylic acids is 1. The van der Waals surface area contributed by atoms with E-state index in [-0.39, 0.29) is 12.3 Å². The molecule has 4 rings (SSSR count). The zero-order valence-corrected chi connectivity index (χ0v) is 12.9. The van der Waals surface area contributed by atoms with Crippen molar-refractivity contribution in [2.75, 3.05) is 0 Å². The van der Waals surface area contributed by atoms with Crippen LogP contribution in [0.1, 0.15) is 13.3 Å². The molecule has 122 valence electrons. The van der Waals surface area contributed by atoms with E-state index in [1.165, 1.54) is 6.92 Å². The molecule has 23 heavy (non-hydrogen) atoms. The molecule has 2 N–H and O–H groups in total. The average Bonchev–Trinajstić information content (AvgIpc) is 3.23. The van der Waals surface area contributed by atoms with Crippen molar-refractivity contribution in [2.45, 2.75) is 30.1 Å². The zero-order chi connectivity index (χ0) is 16.7. The Labute approximate surface area is 133 Å². The number of para-hydroxylation sites is 2. The fraction of sp³-hybridized carbons (Fsp3) is 0.357. The number of β-lactam (4-membered cyclic amide) rings is 1. The van der Waals surface area contributed by atoms with E-state index in [9.17, 15) is 18.6 Å². The highest BCUT2D eigenvalue weighted by molar-refractivity contribution is 7.86. The van der Waals surface area contributed by atoms with Crippen LogP contribution in [-0.4, -0.2) is 48.8 Å². The maximum Gasteiger partial charge on any atom is 0.329 e. The van der Waals surface area contributed by atoms with Crippen LogP contribution >= 0.6 is 0 Å². The van der Waals surface area contributed by atoms with Gasteiger partial charge in [0.1, 0.15) is 10.7 Å². The Balaban J connectivity index is 0.000000183. The van der Waals surface area contributed by atoms with Gasteiger partial charge in [-0.05, 0) is 12.1 Å². The number of carbonyl (C=O) groups is 3. The molecule has 1 aromatic carbocycles. The lowest BCUT2D eigenvalue weighted by Gasteiger charge is -2.35. The number of aliphatic carboxylic acids is 1. The van der Waals surface area contributed by atoms with Crippen molar-refractivity contribution >= 4 is 28.6 Å². The number of amides is 2. The molecule has 0 radical (unpaired) electrons. The maximum atomic E-state index is 11.8. The zero-order valence-electron chi connectivity index (χ0n) is 12.1. The molecule has 2 fully saturated rings. The van der Waals surface area contributed by atoms with Gasteiger partial charge in [-0.15, -0.1) is 0 Å². The van der Waals surface area contributed by atoms with Crippen LogP contribution in [0.25, 0.3) is 0 Å². The average molecular weight is 338 g/mol. The standard InChI is InChI=1S/C8H10N2O5S.C6H4O/c1-3(11)9-7-6(8(13)14)10-4(12)2-5(10)16(7)15;1-2-4-6-5(3-1)7-6/h5-7H,2H2,1H3,(H,9,11)(H,13,14);1-4H/t5-,6?,7?,16?;/m1./s1. The Kier molecular flexibility index (Phi) is 3.80. The molecule has 0 saturated carbocycles. The van der Waals surface area contributed by atoms with Crippen LogP contribution in [-0.2, 0) is 25.2 Å². The summed E-state index contributed by atoms with van der Waals surface area (Å²) in [5.74, 6) is 0.0193. The lowest BCUT2D eigenvalue weighted by molar-refractivity contribution is -0.156. The largest absolute Gasteiger partial charge is 0.480 e. The van der Waals surface area contributed by atoms with Gasteiger partial charge in [-0.3, -0.25) is 13.8 Å². The molecular formula is C14H14N2O6S. The Morgan fingerprint density at radius 1 is 1.35 bits per heavy atom. The summed E-state index contributed by atoms with van der Waals surface area (Å²) in [5.41, 5.74) is 0. The number of nitrogens with zero attached hydrogens (tertiary/aromatic N) is 1. The van der Waals surface area contributed by atoms with Gasteiger partial charge >= 0.3 is 5.97 Å². The Morgan fingerprint density at radius 2 is 1.96 bits per heavy atom. The normalized spacial score (nSPS) is 29.1. The fourth-order valence-electron chi connectivity index (χ4n) is 2.57. The number of hydrogen-bond acceptors (Lipinski definition) is 5. The predicted octanol–water partition coefficient (Wildman–Crippen LogP) is 0.0148. The number of fused-ring (bicyclic) bond motifs is 2. The first kappa shape index (κ1) is 15.5. The summed E-state index contributed by atoms with van der Waals surface area (Å²) in [4.78, 5) is 34.2. The molecule has 4 atom stereocenters. The number of carboxylic acid groups (broad SMARTS) is 1. The van der Waals surface area contributed by atoms with Gasteiger partial charge in [0.05, 0.1) is 17.2 Å². The number of benzene rings is 1. The molecule has 0 bridgehead atoms. The van der Waals surface area contributed by atoms with Crippen molar-refractivity contribution in [1.82, 2.24) is 10.2 Å². The van der Waals surface area contributed by atoms with Gasteiger partial charge in [0.25, 0.3) is 0 Å². The van der Waals surface area contributed by atoms with Crippen molar-refractivity contribution in [3.63, 3.8) is 0 Å². The molecule has 3 heterocycles. The summed E-state index contributed by atoms with van der Waals surface area (Å²) in [6.45, 7) is 1.22. The molecule has 0 aliphatic carbocycles. The van der Waals surface area contributed by atoms with E-state index in [4.69, 9.17) is 9.84 Å².